The first kappa shape index (κ1) is 10.2. The smallest absolute Gasteiger partial charge is 0.0413 e. The van der Waals surface area contributed by atoms with Gasteiger partial charge in [0, 0.05) is 12.8 Å². The average molecular weight is 193 g/mol. The molecule has 0 radical (unpaired) electrons. The third-order valence-corrected chi connectivity index (χ3v) is 3.80. The summed E-state index contributed by atoms with van der Waals surface area (Å²) in [5, 5.41) is 0. The molecule has 1 saturated carbocycles. The Labute approximate surface area is 88.0 Å². The number of fused-ring (bicyclic) bond motifs is 8. The molecule has 2 aliphatic heterocycles. The zero-order valence-electron chi connectivity index (χ0n) is 9.25. The van der Waals surface area contributed by atoms with E-state index in [4.69, 9.17) is 0 Å². The molecule has 2 atom stereocenters. The van der Waals surface area contributed by atoms with Crippen LogP contribution in [0, 0.1) is 11.8 Å². The third-order valence-electron chi connectivity index (χ3n) is 3.80. The van der Waals surface area contributed by atoms with E-state index in [0.29, 0.717) is 0 Å². The minimum atomic E-state index is 0.814. The van der Waals surface area contributed by atoms with Gasteiger partial charge in [0.2, 0.25) is 0 Å². The van der Waals surface area contributed by atoms with Gasteiger partial charge in [-0.15, -0.1) is 0 Å². The van der Waals surface area contributed by atoms with Crippen molar-refractivity contribution in [2.45, 2.75) is 57.8 Å². The van der Waals surface area contributed by atoms with Crippen LogP contribution in [0.1, 0.15) is 57.8 Å². The van der Waals surface area contributed by atoms with Gasteiger partial charge < -0.3 is 0 Å². The Morgan fingerprint density at radius 2 is 1.50 bits per heavy atom. The van der Waals surface area contributed by atoms with Crippen molar-refractivity contribution < 1.29 is 0 Å². The molecular weight excluding hydrogens is 170 g/mol. The van der Waals surface area contributed by atoms with E-state index in [-0.39, 0.29) is 0 Å². The van der Waals surface area contributed by atoms with Crippen LogP contribution < -0.4 is 0 Å². The summed E-state index contributed by atoms with van der Waals surface area (Å²) in [4.78, 5) is 4.63. The molecule has 0 N–H and O–H groups in total. The second-order valence-electron chi connectivity index (χ2n) is 5.06. The van der Waals surface area contributed by atoms with Crippen molar-refractivity contribution >= 4 is 6.21 Å². The maximum atomic E-state index is 4.63. The summed E-state index contributed by atoms with van der Waals surface area (Å²) in [5.41, 5.74) is 0. The molecule has 80 valence electrons. The summed E-state index contributed by atoms with van der Waals surface area (Å²) >= 11 is 0. The third kappa shape index (κ3) is 3.11. The van der Waals surface area contributed by atoms with Crippen molar-refractivity contribution in [3.8, 4) is 0 Å². The van der Waals surface area contributed by atoms with Crippen LogP contribution in [0.15, 0.2) is 4.99 Å². The Morgan fingerprint density at radius 1 is 0.786 bits per heavy atom. The van der Waals surface area contributed by atoms with E-state index >= 15 is 0 Å². The van der Waals surface area contributed by atoms with E-state index in [0.717, 1.165) is 18.4 Å². The molecule has 0 spiro atoms. The molecule has 3 rings (SSSR count). The van der Waals surface area contributed by atoms with Crippen LogP contribution in [0.5, 0.6) is 0 Å². The number of rotatable bonds is 0. The summed E-state index contributed by atoms with van der Waals surface area (Å²) in [7, 11) is 0. The lowest BCUT2D eigenvalue weighted by molar-refractivity contribution is 0.408. The van der Waals surface area contributed by atoms with Gasteiger partial charge in [-0.25, -0.2) is 0 Å². The van der Waals surface area contributed by atoms with Gasteiger partial charge >= 0.3 is 0 Å². The van der Waals surface area contributed by atoms with Crippen molar-refractivity contribution in [2.75, 3.05) is 6.54 Å². The fourth-order valence-corrected chi connectivity index (χ4v) is 2.84. The minimum absolute atomic E-state index is 0.814. The van der Waals surface area contributed by atoms with Crippen LogP contribution in [-0.4, -0.2) is 12.8 Å². The Balaban J connectivity index is 1.97. The normalized spacial score (nSPS) is 34.9. The lowest BCUT2D eigenvalue weighted by atomic mass is 9.91. The number of hydrogen-bond donors (Lipinski definition) is 0. The topological polar surface area (TPSA) is 12.4 Å². The highest BCUT2D eigenvalue weighted by Gasteiger charge is 2.14. The molecule has 0 aromatic heterocycles. The lowest BCUT2D eigenvalue weighted by Gasteiger charge is -2.18. The molecule has 0 aromatic rings. The first-order valence-electron chi connectivity index (χ1n) is 6.45. The maximum Gasteiger partial charge on any atom is 0.0413 e. The van der Waals surface area contributed by atoms with E-state index in [2.05, 4.69) is 11.2 Å². The van der Waals surface area contributed by atoms with Gasteiger partial charge in [-0.2, -0.15) is 0 Å². The lowest BCUT2D eigenvalue weighted by Crippen LogP contribution is -2.11. The highest BCUT2D eigenvalue weighted by molar-refractivity contribution is 5.60. The second kappa shape index (κ2) is 5.53. The van der Waals surface area contributed by atoms with Gasteiger partial charge in [-0.1, -0.05) is 32.1 Å². The largest absolute Gasteiger partial charge is 0.297 e. The molecule has 1 heteroatoms. The first-order chi connectivity index (χ1) is 6.95. The monoisotopic (exact) mass is 193 g/mol. The number of aliphatic imine (C=N–C) groups is 1. The van der Waals surface area contributed by atoms with Gasteiger partial charge in [0.25, 0.3) is 0 Å². The molecule has 14 heavy (non-hydrogen) atoms. The second-order valence-corrected chi connectivity index (χ2v) is 5.06. The number of nitrogens with zero attached hydrogens (tertiary/aromatic N) is 1. The highest BCUT2D eigenvalue weighted by atomic mass is 14.7. The standard InChI is InChI=1S/C13H23N/c1-2-4-7-13-9-5-8-12(6-3-1)10-14-11-13/h10,12-13H,1-9,11H2/t12-,13?/m1/s1. The molecule has 3 aliphatic rings. The van der Waals surface area contributed by atoms with Gasteiger partial charge in [-0.05, 0) is 37.5 Å². The van der Waals surface area contributed by atoms with Gasteiger partial charge in [-0.3, -0.25) is 4.99 Å². The van der Waals surface area contributed by atoms with E-state index in [9.17, 15) is 0 Å². The van der Waals surface area contributed by atoms with Gasteiger partial charge in [0.05, 0.1) is 0 Å². The van der Waals surface area contributed by atoms with Crippen LogP contribution in [0.25, 0.3) is 0 Å². The fourth-order valence-electron chi connectivity index (χ4n) is 2.84. The molecule has 2 heterocycles. The molecule has 1 nitrogen and oxygen atoms in total. The highest BCUT2D eigenvalue weighted by Crippen LogP contribution is 2.25. The van der Waals surface area contributed by atoms with Crippen molar-refractivity contribution in [1.82, 2.24) is 0 Å². The van der Waals surface area contributed by atoms with E-state index in [1.807, 2.05) is 0 Å². The van der Waals surface area contributed by atoms with E-state index < -0.39 is 0 Å². The molecule has 0 saturated heterocycles. The number of hydrogen-bond acceptors (Lipinski definition) is 1. The van der Waals surface area contributed by atoms with Crippen LogP contribution in [0.3, 0.4) is 0 Å². The maximum absolute atomic E-state index is 4.63. The average Bonchev–Trinajstić information content (AvgIpc) is 2.22. The molecule has 2 bridgehead atoms. The van der Waals surface area contributed by atoms with E-state index in [1.165, 1.54) is 57.8 Å². The summed E-state index contributed by atoms with van der Waals surface area (Å²) in [6, 6.07) is 0. The zero-order chi connectivity index (χ0) is 9.64. The van der Waals surface area contributed by atoms with Crippen molar-refractivity contribution in [3.63, 3.8) is 0 Å². The van der Waals surface area contributed by atoms with E-state index in [1.54, 1.807) is 0 Å². The van der Waals surface area contributed by atoms with Gasteiger partial charge in [0.1, 0.15) is 0 Å². The van der Waals surface area contributed by atoms with Crippen LogP contribution >= 0.6 is 0 Å². The Hall–Kier alpha value is -0.330. The molecule has 0 aromatic carbocycles. The minimum Gasteiger partial charge on any atom is -0.297 e. The SMILES string of the molecule is C1=NCC2CCCCCC[C@@H]1CCC2. The van der Waals surface area contributed by atoms with Gasteiger partial charge in [0.15, 0.2) is 0 Å². The molecule has 0 amide bonds. The van der Waals surface area contributed by atoms with Crippen molar-refractivity contribution in [1.29, 1.82) is 0 Å². The molecule has 1 unspecified atom stereocenters. The Morgan fingerprint density at radius 3 is 2.43 bits per heavy atom. The van der Waals surface area contributed by atoms with Crippen molar-refractivity contribution in [2.24, 2.45) is 16.8 Å². The molecule has 1 aliphatic carbocycles. The first-order valence-corrected chi connectivity index (χ1v) is 6.45. The summed E-state index contributed by atoms with van der Waals surface area (Å²) in [6.07, 6.45) is 15.2. The van der Waals surface area contributed by atoms with Crippen molar-refractivity contribution in [3.05, 3.63) is 0 Å². The Kier molecular flexibility index (Phi) is 4.03. The van der Waals surface area contributed by atoms with Crippen LogP contribution in [-0.2, 0) is 0 Å². The quantitative estimate of drug-likeness (QED) is 0.554. The molecular formula is C13H23N. The summed E-state index contributed by atoms with van der Waals surface area (Å²) < 4.78 is 0. The predicted molar refractivity (Wildman–Crippen MR) is 61.9 cm³/mol. The Bertz CT molecular complexity index is 186. The van der Waals surface area contributed by atoms with Crippen LogP contribution in [0.2, 0.25) is 0 Å². The zero-order valence-corrected chi connectivity index (χ0v) is 9.25. The fraction of sp³-hybridized carbons (Fsp3) is 0.923. The van der Waals surface area contributed by atoms with Crippen LogP contribution in [0.4, 0.5) is 0 Å². The molecule has 1 fully saturated rings. The predicted octanol–water partition coefficient (Wildman–Crippen LogP) is 3.83. The summed E-state index contributed by atoms with van der Waals surface area (Å²) in [6.45, 7) is 1.12. The summed E-state index contributed by atoms with van der Waals surface area (Å²) in [5.74, 6) is 1.72.